The van der Waals surface area contributed by atoms with Crippen molar-refractivity contribution < 1.29 is 14.0 Å². The van der Waals surface area contributed by atoms with Gasteiger partial charge < -0.3 is 14.2 Å². The van der Waals surface area contributed by atoms with Crippen molar-refractivity contribution in [3.8, 4) is 0 Å². The first-order valence-corrected chi connectivity index (χ1v) is 7.47. The van der Waals surface area contributed by atoms with E-state index >= 15 is 0 Å². The Labute approximate surface area is 125 Å². The Morgan fingerprint density at radius 2 is 1.76 bits per heavy atom. The molecule has 0 bridgehead atoms. The standard InChI is InChI=1S/C15H23N3O3/c1-3-16(4-2)11-14(19)17-6-8-18(9-7-17)15(20)13-5-10-21-12-13/h5,10,12H,3-4,6-9,11H2,1-2H3. The largest absolute Gasteiger partial charge is 0.472 e. The number of likely N-dealkylation sites (N-methyl/N-ethyl adjacent to an activating group) is 1. The first-order valence-electron chi connectivity index (χ1n) is 7.47. The van der Waals surface area contributed by atoms with Gasteiger partial charge in [-0.15, -0.1) is 0 Å². The maximum atomic E-state index is 12.2. The third kappa shape index (κ3) is 3.85. The highest BCUT2D eigenvalue weighted by Crippen LogP contribution is 2.09. The molecule has 6 heteroatoms. The molecule has 0 aliphatic carbocycles. The van der Waals surface area contributed by atoms with Crippen LogP contribution in [0.4, 0.5) is 0 Å². The number of hydrogen-bond donors (Lipinski definition) is 0. The summed E-state index contributed by atoms with van der Waals surface area (Å²) in [6, 6.07) is 1.67. The molecule has 1 aromatic rings. The van der Waals surface area contributed by atoms with Gasteiger partial charge >= 0.3 is 0 Å². The summed E-state index contributed by atoms with van der Waals surface area (Å²) in [5.74, 6) is 0.119. The Balaban J connectivity index is 1.83. The SMILES string of the molecule is CCN(CC)CC(=O)N1CCN(C(=O)c2ccoc2)CC1. The van der Waals surface area contributed by atoms with Crippen LogP contribution in [0.3, 0.4) is 0 Å². The second-order valence-corrected chi connectivity index (χ2v) is 5.15. The zero-order valence-electron chi connectivity index (χ0n) is 12.7. The second-order valence-electron chi connectivity index (χ2n) is 5.15. The van der Waals surface area contributed by atoms with Crippen molar-refractivity contribution in [2.75, 3.05) is 45.8 Å². The van der Waals surface area contributed by atoms with Gasteiger partial charge in [-0.05, 0) is 19.2 Å². The lowest BCUT2D eigenvalue weighted by molar-refractivity contribution is -0.133. The van der Waals surface area contributed by atoms with Crippen LogP contribution in [-0.2, 0) is 4.79 Å². The van der Waals surface area contributed by atoms with Gasteiger partial charge in [0.05, 0.1) is 18.4 Å². The molecule has 0 atom stereocenters. The summed E-state index contributed by atoms with van der Waals surface area (Å²) in [7, 11) is 0. The Bertz CT molecular complexity index is 461. The molecule has 6 nitrogen and oxygen atoms in total. The van der Waals surface area contributed by atoms with E-state index in [2.05, 4.69) is 18.7 Å². The van der Waals surface area contributed by atoms with Crippen molar-refractivity contribution in [3.63, 3.8) is 0 Å². The van der Waals surface area contributed by atoms with Crippen LogP contribution >= 0.6 is 0 Å². The van der Waals surface area contributed by atoms with E-state index in [1.54, 1.807) is 11.0 Å². The molecule has 0 saturated carbocycles. The van der Waals surface area contributed by atoms with Crippen molar-refractivity contribution in [2.24, 2.45) is 0 Å². The Hall–Kier alpha value is -1.82. The fraction of sp³-hybridized carbons (Fsp3) is 0.600. The summed E-state index contributed by atoms with van der Waals surface area (Å²) in [5.41, 5.74) is 0.568. The van der Waals surface area contributed by atoms with Crippen LogP contribution < -0.4 is 0 Å². The van der Waals surface area contributed by atoms with Crippen LogP contribution in [0.25, 0.3) is 0 Å². The van der Waals surface area contributed by atoms with E-state index < -0.39 is 0 Å². The summed E-state index contributed by atoms with van der Waals surface area (Å²) >= 11 is 0. The highest BCUT2D eigenvalue weighted by molar-refractivity contribution is 5.94. The van der Waals surface area contributed by atoms with Gasteiger partial charge in [-0.3, -0.25) is 14.5 Å². The molecule has 0 spiro atoms. The highest BCUT2D eigenvalue weighted by atomic mass is 16.3. The van der Waals surface area contributed by atoms with Crippen molar-refractivity contribution in [3.05, 3.63) is 24.2 Å². The molecule has 1 aliphatic heterocycles. The summed E-state index contributed by atoms with van der Waals surface area (Å²) in [5, 5.41) is 0. The minimum atomic E-state index is -0.0282. The Kier molecular flexibility index (Phi) is 5.38. The number of hydrogen-bond acceptors (Lipinski definition) is 4. The molecule has 1 saturated heterocycles. The maximum absolute atomic E-state index is 12.2. The number of piperazine rings is 1. The van der Waals surface area contributed by atoms with E-state index in [0.717, 1.165) is 13.1 Å². The average molecular weight is 293 g/mol. The zero-order chi connectivity index (χ0) is 15.2. The lowest BCUT2D eigenvalue weighted by Gasteiger charge is -2.35. The topological polar surface area (TPSA) is 57.0 Å². The number of amides is 2. The van der Waals surface area contributed by atoms with E-state index in [9.17, 15) is 9.59 Å². The minimum absolute atomic E-state index is 0.0282. The first kappa shape index (κ1) is 15.6. The first-order chi connectivity index (χ1) is 10.2. The summed E-state index contributed by atoms with van der Waals surface area (Å²) in [6.45, 7) is 8.68. The van der Waals surface area contributed by atoms with E-state index in [0.29, 0.717) is 38.3 Å². The molecular formula is C15H23N3O3. The summed E-state index contributed by atoms with van der Waals surface area (Å²) in [6.07, 6.45) is 2.96. The van der Waals surface area contributed by atoms with Gasteiger partial charge in [0.2, 0.25) is 5.91 Å². The van der Waals surface area contributed by atoms with E-state index in [1.807, 2.05) is 4.90 Å². The summed E-state index contributed by atoms with van der Waals surface area (Å²) < 4.78 is 4.94. The van der Waals surface area contributed by atoms with Crippen LogP contribution in [0.15, 0.2) is 23.0 Å². The number of nitrogens with zero attached hydrogens (tertiary/aromatic N) is 3. The normalized spacial score (nSPS) is 15.6. The molecule has 0 radical (unpaired) electrons. The number of carbonyl (C=O) groups is 2. The van der Waals surface area contributed by atoms with Crippen LogP contribution in [0, 0.1) is 0 Å². The molecule has 116 valence electrons. The molecule has 1 fully saturated rings. The van der Waals surface area contributed by atoms with Gasteiger partial charge in [-0.1, -0.05) is 13.8 Å². The van der Waals surface area contributed by atoms with Crippen molar-refractivity contribution in [2.45, 2.75) is 13.8 Å². The quantitative estimate of drug-likeness (QED) is 0.809. The molecule has 1 aromatic heterocycles. The third-order valence-corrected chi connectivity index (χ3v) is 3.94. The van der Waals surface area contributed by atoms with E-state index in [4.69, 9.17) is 4.42 Å². The molecular weight excluding hydrogens is 270 g/mol. The monoisotopic (exact) mass is 293 g/mol. The number of carbonyl (C=O) groups excluding carboxylic acids is 2. The molecule has 2 heterocycles. The molecule has 0 aromatic carbocycles. The summed E-state index contributed by atoms with van der Waals surface area (Å²) in [4.78, 5) is 30.1. The molecule has 0 N–H and O–H groups in total. The predicted molar refractivity (Wildman–Crippen MR) is 79.0 cm³/mol. The fourth-order valence-corrected chi connectivity index (χ4v) is 2.47. The molecule has 1 aliphatic rings. The predicted octanol–water partition coefficient (Wildman–Crippen LogP) is 0.906. The van der Waals surface area contributed by atoms with Crippen molar-refractivity contribution in [1.29, 1.82) is 0 Å². The molecule has 2 amide bonds. The molecule has 0 unspecified atom stereocenters. The van der Waals surface area contributed by atoms with Crippen LogP contribution in [-0.4, -0.2) is 72.3 Å². The van der Waals surface area contributed by atoms with Gasteiger partial charge in [0.15, 0.2) is 0 Å². The lowest BCUT2D eigenvalue weighted by atomic mass is 10.2. The van der Waals surface area contributed by atoms with Crippen molar-refractivity contribution in [1.82, 2.24) is 14.7 Å². The maximum Gasteiger partial charge on any atom is 0.257 e. The average Bonchev–Trinajstić information content (AvgIpc) is 3.06. The second kappa shape index (κ2) is 7.26. The number of rotatable bonds is 5. The minimum Gasteiger partial charge on any atom is -0.472 e. The van der Waals surface area contributed by atoms with Gasteiger partial charge in [0.1, 0.15) is 6.26 Å². The molecule has 21 heavy (non-hydrogen) atoms. The Morgan fingerprint density at radius 3 is 2.29 bits per heavy atom. The smallest absolute Gasteiger partial charge is 0.257 e. The number of furan rings is 1. The fourth-order valence-electron chi connectivity index (χ4n) is 2.47. The Morgan fingerprint density at radius 1 is 1.14 bits per heavy atom. The third-order valence-electron chi connectivity index (χ3n) is 3.94. The van der Waals surface area contributed by atoms with Gasteiger partial charge in [-0.2, -0.15) is 0 Å². The molecule has 2 rings (SSSR count). The zero-order valence-corrected chi connectivity index (χ0v) is 12.7. The van der Waals surface area contributed by atoms with E-state index in [-0.39, 0.29) is 11.8 Å². The van der Waals surface area contributed by atoms with Crippen LogP contribution in [0.5, 0.6) is 0 Å². The van der Waals surface area contributed by atoms with Crippen molar-refractivity contribution >= 4 is 11.8 Å². The van der Waals surface area contributed by atoms with Gasteiger partial charge in [0.25, 0.3) is 5.91 Å². The lowest BCUT2D eigenvalue weighted by Crippen LogP contribution is -2.52. The van der Waals surface area contributed by atoms with Gasteiger partial charge in [0, 0.05) is 26.2 Å². The van der Waals surface area contributed by atoms with Crippen LogP contribution in [0.2, 0.25) is 0 Å². The highest BCUT2D eigenvalue weighted by Gasteiger charge is 2.25. The van der Waals surface area contributed by atoms with Crippen LogP contribution in [0.1, 0.15) is 24.2 Å². The van der Waals surface area contributed by atoms with Gasteiger partial charge in [-0.25, -0.2) is 0 Å². The van der Waals surface area contributed by atoms with E-state index in [1.165, 1.54) is 12.5 Å².